The fourth-order valence-corrected chi connectivity index (χ4v) is 2.58. The second-order valence-electron chi connectivity index (χ2n) is 4.71. The summed E-state index contributed by atoms with van der Waals surface area (Å²) >= 11 is 3.54. The van der Waals surface area contributed by atoms with E-state index in [9.17, 15) is 4.39 Å². The monoisotopic (exact) mass is 321 g/mol. The number of hydrogen-bond acceptors (Lipinski definition) is 1. The molecule has 19 heavy (non-hydrogen) atoms. The van der Waals surface area contributed by atoms with Gasteiger partial charge in [-0.3, -0.25) is 0 Å². The first-order valence-corrected chi connectivity index (χ1v) is 7.10. The molecular weight excluding hydrogens is 305 g/mol. The van der Waals surface area contributed by atoms with Crippen molar-refractivity contribution in [3.8, 4) is 0 Å². The fraction of sp³-hybridized carbons (Fsp3) is 0.250. The molecule has 0 saturated heterocycles. The molecule has 0 fully saturated rings. The van der Waals surface area contributed by atoms with Gasteiger partial charge in [0.25, 0.3) is 0 Å². The lowest BCUT2D eigenvalue weighted by Crippen LogP contribution is -2.18. The third-order valence-electron chi connectivity index (χ3n) is 3.22. The van der Waals surface area contributed by atoms with Gasteiger partial charge in [0.2, 0.25) is 0 Å². The summed E-state index contributed by atoms with van der Waals surface area (Å²) in [5.41, 5.74) is 2.85. The van der Waals surface area contributed by atoms with Crippen LogP contribution in [0, 0.1) is 12.7 Å². The van der Waals surface area contributed by atoms with Crippen LogP contribution in [0.3, 0.4) is 0 Å². The molecule has 100 valence electrons. The van der Waals surface area contributed by atoms with Gasteiger partial charge >= 0.3 is 0 Å². The normalized spacial score (nSPS) is 12.4. The minimum atomic E-state index is -0.146. The summed E-state index contributed by atoms with van der Waals surface area (Å²) in [5.74, 6) is -0.146. The smallest absolute Gasteiger partial charge is 0.126 e. The minimum Gasteiger partial charge on any atom is -0.306 e. The van der Waals surface area contributed by atoms with Gasteiger partial charge in [0.05, 0.1) is 0 Å². The second-order valence-corrected chi connectivity index (χ2v) is 5.56. The first-order valence-electron chi connectivity index (χ1n) is 6.31. The quantitative estimate of drug-likeness (QED) is 0.857. The van der Waals surface area contributed by atoms with E-state index >= 15 is 0 Å². The van der Waals surface area contributed by atoms with Gasteiger partial charge in [-0.2, -0.15) is 0 Å². The van der Waals surface area contributed by atoms with E-state index in [0.29, 0.717) is 12.1 Å². The van der Waals surface area contributed by atoms with Crippen LogP contribution in [-0.4, -0.2) is 0 Å². The van der Waals surface area contributed by atoms with Crippen molar-refractivity contribution in [2.24, 2.45) is 0 Å². The standard InChI is InChI=1S/C16H17BrFN/c1-11-7-8-13(9-16(11)18)10-19-12(2)14-5-3-4-6-15(14)17/h3-9,12,19H,10H2,1-2H3/t12-/m1/s1. The van der Waals surface area contributed by atoms with Crippen LogP contribution in [0.15, 0.2) is 46.9 Å². The van der Waals surface area contributed by atoms with Gasteiger partial charge in [-0.25, -0.2) is 4.39 Å². The highest BCUT2D eigenvalue weighted by Gasteiger charge is 2.08. The molecule has 0 aromatic heterocycles. The lowest BCUT2D eigenvalue weighted by molar-refractivity contribution is 0.566. The molecule has 3 heteroatoms. The van der Waals surface area contributed by atoms with Gasteiger partial charge in [-0.1, -0.05) is 46.3 Å². The maximum absolute atomic E-state index is 13.5. The Bertz CT molecular complexity index is 568. The molecule has 0 radical (unpaired) electrons. The molecule has 0 aliphatic carbocycles. The van der Waals surface area contributed by atoms with Crippen molar-refractivity contribution in [1.82, 2.24) is 5.32 Å². The van der Waals surface area contributed by atoms with E-state index in [0.717, 1.165) is 10.0 Å². The third kappa shape index (κ3) is 3.64. The highest BCUT2D eigenvalue weighted by molar-refractivity contribution is 9.10. The first kappa shape index (κ1) is 14.2. The molecule has 1 nitrogen and oxygen atoms in total. The maximum atomic E-state index is 13.5. The Labute approximate surface area is 122 Å². The average molecular weight is 322 g/mol. The van der Waals surface area contributed by atoms with Crippen LogP contribution in [-0.2, 0) is 6.54 Å². The third-order valence-corrected chi connectivity index (χ3v) is 3.94. The van der Waals surface area contributed by atoms with Crippen molar-refractivity contribution >= 4 is 15.9 Å². The highest BCUT2D eigenvalue weighted by Crippen LogP contribution is 2.23. The molecule has 0 saturated carbocycles. The first-order chi connectivity index (χ1) is 9.08. The van der Waals surface area contributed by atoms with Gasteiger partial charge in [-0.05, 0) is 42.7 Å². The summed E-state index contributed by atoms with van der Waals surface area (Å²) in [6.07, 6.45) is 0. The zero-order valence-electron chi connectivity index (χ0n) is 11.1. The highest BCUT2D eigenvalue weighted by atomic mass is 79.9. The van der Waals surface area contributed by atoms with Crippen molar-refractivity contribution in [1.29, 1.82) is 0 Å². The van der Waals surface area contributed by atoms with Crippen LogP contribution in [0.4, 0.5) is 4.39 Å². The maximum Gasteiger partial charge on any atom is 0.126 e. The van der Waals surface area contributed by atoms with Crippen molar-refractivity contribution in [3.63, 3.8) is 0 Å². The molecule has 2 rings (SSSR count). The molecule has 0 spiro atoms. The van der Waals surface area contributed by atoms with Crippen LogP contribution >= 0.6 is 15.9 Å². The number of benzene rings is 2. The lowest BCUT2D eigenvalue weighted by atomic mass is 10.1. The van der Waals surface area contributed by atoms with E-state index in [1.54, 1.807) is 13.0 Å². The summed E-state index contributed by atoms with van der Waals surface area (Å²) in [6, 6.07) is 13.7. The Morgan fingerprint density at radius 2 is 1.95 bits per heavy atom. The molecule has 2 aromatic carbocycles. The van der Waals surface area contributed by atoms with Crippen LogP contribution < -0.4 is 5.32 Å². The minimum absolute atomic E-state index is 0.146. The van der Waals surface area contributed by atoms with E-state index in [1.165, 1.54) is 5.56 Å². The second kappa shape index (κ2) is 6.31. The molecule has 0 unspecified atom stereocenters. The van der Waals surface area contributed by atoms with Gasteiger partial charge in [-0.15, -0.1) is 0 Å². The largest absolute Gasteiger partial charge is 0.306 e. The molecular formula is C16H17BrFN. The number of rotatable bonds is 4. The zero-order valence-corrected chi connectivity index (χ0v) is 12.7. The van der Waals surface area contributed by atoms with Gasteiger partial charge in [0.15, 0.2) is 0 Å². The van der Waals surface area contributed by atoms with Crippen molar-refractivity contribution in [2.75, 3.05) is 0 Å². The zero-order chi connectivity index (χ0) is 13.8. The van der Waals surface area contributed by atoms with Gasteiger partial charge in [0.1, 0.15) is 5.82 Å². The van der Waals surface area contributed by atoms with Crippen molar-refractivity contribution in [3.05, 3.63) is 69.4 Å². The van der Waals surface area contributed by atoms with Crippen molar-refractivity contribution in [2.45, 2.75) is 26.4 Å². The summed E-state index contributed by atoms with van der Waals surface area (Å²) in [7, 11) is 0. The number of nitrogens with one attached hydrogen (secondary N) is 1. The van der Waals surface area contributed by atoms with E-state index in [4.69, 9.17) is 0 Å². The fourth-order valence-electron chi connectivity index (χ4n) is 1.95. The Balaban J connectivity index is 2.02. The molecule has 0 amide bonds. The molecule has 1 N–H and O–H groups in total. The summed E-state index contributed by atoms with van der Waals surface area (Å²) in [4.78, 5) is 0. The SMILES string of the molecule is Cc1ccc(CN[C@H](C)c2ccccc2Br)cc1F. The van der Waals surface area contributed by atoms with Crippen LogP contribution in [0.5, 0.6) is 0 Å². The van der Waals surface area contributed by atoms with E-state index < -0.39 is 0 Å². The summed E-state index contributed by atoms with van der Waals surface area (Å²) in [6.45, 7) is 4.53. The average Bonchev–Trinajstić information content (AvgIpc) is 2.40. The number of aryl methyl sites for hydroxylation is 1. The Morgan fingerprint density at radius 3 is 2.63 bits per heavy atom. The van der Waals surface area contributed by atoms with Crippen LogP contribution in [0.1, 0.15) is 29.7 Å². The molecule has 0 aliphatic rings. The van der Waals surface area contributed by atoms with Gasteiger partial charge in [0, 0.05) is 17.1 Å². The van der Waals surface area contributed by atoms with E-state index in [-0.39, 0.29) is 11.9 Å². The lowest BCUT2D eigenvalue weighted by Gasteiger charge is -2.16. The topological polar surface area (TPSA) is 12.0 Å². The predicted octanol–water partition coefficient (Wildman–Crippen LogP) is 4.75. The summed E-state index contributed by atoms with van der Waals surface area (Å²) < 4.78 is 14.5. The molecule has 0 bridgehead atoms. The predicted molar refractivity (Wildman–Crippen MR) is 80.5 cm³/mol. The summed E-state index contributed by atoms with van der Waals surface area (Å²) in [5, 5.41) is 3.41. The molecule has 0 heterocycles. The Kier molecular flexibility index (Phi) is 4.72. The Hall–Kier alpha value is -1.19. The Morgan fingerprint density at radius 1 is 1.21 bits per heavy atom. The number of hydrogen-bond donors (Lipinski definition) is 1. The number of halogens is 2. The molecule has 1 atom stereocenters. The van der Waals surface area contributed by atoms with Gasteiger partial charge < -0.3 is 5.32 Å². The molecule has 0 aliphatic heterocycles. The van der Waals surface area contributed by atoms with Crippen LogP contribution in [0.25, 0.3) is 0 Å². The van der Waals surface area contributed by atoms with Crippen LogP contribution in [0.2, 0.25) is 0 Å². The van der Waals surface area contributed by atoms with Crippen molar-refractivity contribution < 1.29 is 4.39 Å². The van der Waals surface area contributed by atoms with E-state index in [2.05, 4.69) is 34.2 Å². The van der Waals surface area contributed by atoms with E-state index in [1.807, 2.05) is 30.3 Å². The molecule has 2 aromatic rings.